The molecule has 1 saturated carbocycles. The molecule has 2 unspecified atom stereocenters. The zero-order valence-electron chi connectivity index (χ0n) is 8.45. The number of hydrogen-bond acceptors (Lipinski definition) is 3. The average Bonchev–Trinajstić information content (AvgIpc) is 2.17. The highest BCUT2D eigenvalue weighted by atomic mass is 16.6. The van der Waals surface area contributed by atoms with Gasteiger partial charge in [-0.05, 0) is 19.3 Å². The van der Waals surface area contributed by atoms with Crippen LogP contribution in [-0.2, 0) is 9.53 Å². The van der Waals surface area contributed by atoms with E-state index in [-0.39, 0.29) is 6.10 Å². The largest absolute Gasteiger partial charge is 0.456 e. The molecule has 3 nitrogen and oxygen atoms in total. The molecule has 0 bridgehead atoms. The minimum atomic E-state index is -0.501. The fourth-order valence-electron chi connectivity index (χ4n) is 1.77. The van der Waals surface area contributed by atoms with Crippen molar-refractivity contribution in [1.29, 1.82) is 0 Å². The summed E-state index contributed by atoms with van der Waals surface area (Å²) in [4.78, 5) is 11.0. The fourth-order valence-corrected chi connectivity index (χ4v) is 1.77. The van der Waals surface area contributed by atoms with E-state index in [0.717, 1.165) is 38.2 Å². The zero-order valence-corrected chi connectivity index (χ0v) is 8.45. The molecule has 0 amide bonds. The van der Waals surface area contributed by atoms with E-state index < -0.39 is 12.1 Å². The van der Waals surface area contributed by atoms with Gasteiger partial charge in [0, 0.05) is 6.08 Å². The van der Waals surface area contributed by atoms with Crippen LogP contribution in [0.3, 0.4) is 0 Å². The van der Waals surface area contributed by atoms with E-state index in [1.807, 2.05) is 0 Å². The molecule has 0 saturated heterocycles. The van der Waals surface area contributed by atoms with Gasteiger partial charge in [0.2, 0.25) is 0 Å². The van der Waals surface area contributed by atoms with Gasteiger partial charge >= 0.3 is 5.97 Å². The Bertz CT molecular complexity index is 201. The first kappa shape index (κ1) is 11.2. The van der Waals surface area contributed by atoms with E-state index >= 15 is 0 Å². The third-order valence-electron chi connectivity index (χ3n) is 2.60. The summed E-state index contributed by atoms with van der Waals surface area (Å²) < 4.78 is 5.08. The molecule has 0 aromatic heterocycles. The Labute approximate surface area is 84.8 Å². The Balaban J connectivity index is 2.44. The predicted molar refractivity (Wildman–Crippen MR) is 53.8 cm³/mol. The molecular formula is C11H18O3. The van der Waals surface area contributed by atoms with Crippen LogP contribution in [0.4, 0.5) is 0 Å². The van der Waals surface area contributed by atoms with E-state index in [0.29, 0.717) is 0 Å². The maximum Gasteiger partial charge on any atom is 0.330 e. The van der Waals surface area contributed by atoms with Gasteiger partial charge in [-0.1, -0.05) is 25.8 Å². The lowest BCUT2D eigenvalue weighted by Crippen LogP contribution is -2.31. The summed E-state index contributed by atoms with van der Waals surface area (Å²) in [6.45, 7) is 3.34. The molecule has 3 heteroatoms. The smallest absolute Gasteiger partial charge is 0.330 e. The standard InChI is InChI=1S/C11H18O3/c1-2-11(13)14-10-8-6-4-3-5-7-9(10)12/h2,9-10,12H,1,3-8H2. The molecule has 1 aliphatic carbocycles. The first-order valence-corrected chi connectivity index (χ1v) is 5.25. The second-order valence-corrected chi connectivity index (χ2v) is 3.74. The molecule has 0 aromatic rings. The summed E-state index contributed by atoms with van der Waals surface area (Å²) in [6.07, 6.45) is 6.17. The normalized spacial score (nSPS) is 28.6. The molecular weight excluding hydrogens is 180 g/mol. The van der Waals surface area contributed by atoms with Crippen molar-refractivity contribution in [1.82, 2.24) is 0 Å². The molecule has 0 spiro atoms. The summed E-state index contributed by atoms with van der Waals surface area (Å²) in [5, 5.41) is 9.71. The predicted octanol–water partition coefficient (Wildman–Crippen LogP) is 1.80. The highest BCUT2D eigenvalue weighted by molar-refractivity contribution is 5.81. The van der Waals surface area contributed by atoms with Crippen molar-refractivity contribution in [2.45, 2.75) is 50.7 Å². The van der Waals surface area contributed by atoms with Gasteiger partial charge in [0.1, 0.15) is 6.10 Å². The number of carbonyl (C=O) groups excluding carboxylic acids is 1. The second kappa shape index (κ2) is 5.81. The average molecular weight is 198 g/mol. The molecule has 2 atom stereocenters. The summed E-state index contributed by atoms with van der Waals surface area (Å²) in [6, 6.07) is 0. The highest BCUT2D eigenvalue weighted by Gasteiger charge is 2.23. The summed E-state index contributed by atoms with van der Waals surface area (Å²) >= 11 is 0. The maximum absolute atomic E-state index is 11.0. The van der Waals surface area contributed by atoms with E-state index in [9.17, 15) is 9.90 Å². The number of aliphatic hydroxyl groups is 1. The number of esters is 1. The van der Waals surface area contributed by atoms with Crippen molar-refractivity contribution in [2.75, 3.05) is 0 Å². The SMILES string of the molecule is C=CC(=O)OC1CCCCCCC1O. The molecule has 0 aliphatic heterocycles. The lowest BCUT2D eigenvalue weighted by atomic mass is 9.96. The van der Waals surface area contributed by atoms with Crippen molar-refractivity contribution in [3.8, 4) is 0 Å². The van der Waals surface area contributed by atoms with Crippen LogP contribution in [0.25, 0.3) is 0 Å². The zero-order chi connectivity index (χ0) is 10.4. The molecule has 1 aliphatic rings. The van der Waals surface area contributed by atoms with Crippen LogP contribution < -0.4 is 0 Å². The van der Waals surface area contributed by atoms with Gasteiger partial charge in [-0.2, -0.15) is 0 Å². The molecule has 1 rings (SSSR count). The Morgan fingerprint density at radius 1 is 1.29 bits per heavy atom. The summed E-state index contributed by atoms with van der Waals surface area (Å²) in [5.41, 5.74) is 0. The van der Waals surface area contributed by atoms with Crippen LogP contribution >= 0.6 is 0 Å². The maximum atomic E-state index is 11.0. The van der Waals surface area contributed by atoms with E-state index in [1.54, 1.807) is 0 Å². The van der Waals surface area contributed by atoms with E-state index in [1.165, 1.54) is 6.42 Å². The van der Waals surface area contributed by atoms with Crippen LogP contribution in [0.5, 0.6) is 0 Å². The van der Waals surface area contributed by atoms with Crippen molar-refractivity contribution in [3.63, 3.8) is 0 Å². The summed E-state index contributed by atoms with van der Waals surface area (Å²) in [7, 11) is 0. The Morgan fingerprint density at radius 3 is 2.57 bits per heavy atom. The van der Waals surface area contributed by atoms with Gasteiger partial charge in [-0.25, -0.2) is 4.79 Å². The molecule has 0 radical (unpaired) electrons. The molecule has 1 N–H and O–H groups in total. The van der Waals surface area contributed by atoms with Crippen LogP contribution in [0.1, 0.15) is 38.5 Å². The first-order chi connectivity index (χ1) is 6.74. The first-order valence-electron chi connectivity index (χ1n) is 5.25. The number of ether oxygens (including phenoxy) is 1. The quantitative estimate of drug-likeness (QED) is 0.543. The van der Waals surface area contributed by atoms with E-state index in [2.05, 4.69) is 6.58 Å². The highest BCUT2D eigenvalue weighted by Crippen LogP contribution is 2.20. The van der Waals surface area contributed by atoms with Crippen molar-refractivity contribution in [3.05, 3.63) is 12.7 Å². The van der Waals surface area contributed by atoms with Gasteiger partial charge in [-0.3, -0.25) is 0 Å². The Kier molecular flexibility index (Phi) is 4.66. The van der Waals surface area contributed by atoms with Crippen molar-refractivity contribution in [2.24, 2.45) is 0 Å². The lowest BCUT2D eigenvalue weighted by Gasteiger charge is -2.24. The number of aliphatic hydroxyl groups excluding tert-OH is 1. The lowest BCUT2D eigenvalue weighted by molar-refractivity contribution is -0.150. The molecule has 0 heterocycles. The molecule has 80 valence electrons. The van der Waals surface area contributed by atoms with Crippen molar-refractivity contribution >= 4 is 5.97 Å². The molecule has 0 aromatic carbocycles. The third kappa shape index (κ3) is 3.50. The van der Waals surface area contributed by atoms with Gasteiger partial charge in [0.25, 0.3) is 0 Å². The van der Waals surface area contributed by atoms with Crippen LogP contribution in [0.15, 0.2) is 12.7 Å². The molecule has 14 heavy (non-hydrogen) atoms. The van der Waals surface area contributed by atoms with Crippen LogP contribution in [0.2, 0.25) is 0 Å². The molecule has 1 fully saturated rings. The van der Waals surface area contributed by atoms with Gasteiger partial charge in [0.15, 0.2) is 0 Å². The van der Waals surface area contributed by atoms with Gasteiger partial charge in [-0.15, -0.1) is 0 Å². The Hall–Kier alpha value is -0.830. The van der Waals surface area contributed by atoms with Gasteiger partial charge < -0.3 is 9.84 Å². The van der Waals surface area contributed by atoms with Gasteiger partial charge in [0.05, 0.1) is 6.10 Å². The Morgan fingerprint density at radius 2 is 1.93 bits per heavy atom. The third-order valence-corrected chi connectivity index (χ3v) is 2.60. The van der Waals surface area contributed by atoms with Crippen LogP contribution in [0, 0.1) is 0 Å². The topological polar surface area (TPSA) is 46.5 Å². The number of rotatable bonds is 2. The number of carbonyl (C=O) groups is 1. The fraction of sp³-hybridized carbons (Fsp3) is 0.727. The summed E-state index contributed by atoms with van der Waals surface area (Å²) in [5.74, 6) is -0.436. The minimum absolute atomic E-state index is 0.333. The van der Waals surface area contributed by atoms with E-state index in [4.69, 9.17) is 4.74 Å². The monoisotopic (exact) mass is 198 g/mol. The van der Waals surface area contributed by atoms with Crippen molar-refractivity contribution < 1.29 is 14.6 Å². The number of hydrogen-bond donors (Lipinski definition) is 1. The minimum Gasteiger partial charge on any atom is -0.456 e. The second-order valence-electron chi connectivity index (χ2n) is 3.74. The van der Waals surface area contributed by atoms with Crippen LogP contribution in [-0.4, -0.2) is 23.3 Å².